The van der Waals surface area contributed by atoms with Gasteiger partial charge in [-0.1, -0.05) is 12.1 Å². The molecule has 0 radical (unpaired) electrons. The van der Waals surface area contributed by atoms with Crippen LogP contribution < -0.4 is 22.3 Å². The second kappa shape index (κ2) is 7.76. The Morgan fingerprint density at radius 3 is 2.26 bits per heavy atom. The molecule has 0 unspecified atom stereocenters. The van der Waals surface area contributed by atoms with Crippen LogP contribution in [0.2, 0.25) is 0 Å². The number of carbonyl (C=O) groups is 1. The van der Waals surface area contributed by atoms with Crippen molar-refractivity contribution in [1.82, 2.24) is 9.91 Å². The lowest BCUT2D eigenvalue weighted by Crippen LogP contribution is -3.00. The van der Waals surface area contributed by atoms with Gasteiger partial charge >= 0.3 is 0 Å². The van der Waals surface area contributed by atoms with Crippen molar-refractivity contribution in [1.29, 1.82) is 0 Å². The summed E-state index contributed by atoms with van der Waals surface area (Å²) in [6.45, 7) is 0. The summed E-state index contributed by atoms with van der Waals surface area (Å²) in [6, 6.07) is 14.2. The van der Waals surface area contributed by atoms with Gasteiger partial charge in [-0.2, -0.15) is 5.10 Å². The fourth-order valence-electron chi connectivity index (χ4n) is 1.88. The minimum Gasteiger partial charge on any atom is -1.00 e. The molecule has 0 heterocycles. The molecule has 0 aliphatic heterocycles. The quantitative estimate of drug-likeness (QED) is 0.444. The van der Waals surface area contributed by atoms with Gasteiger partial charge in [0.1, 0.15) is 11.4 Å². The van der Waals surface area contributed by atoms with Crippen LogP contribution in [-0.2, 0) is 0 Å². The van der Waals surface area contributed by atoms with Crippen LogP contribution in [0.5, 0.6) is 5.75 Å². The van der Waals surface area contributed by atoms with Crippen LogP contribution in [0.25, 0.3) is 0 Å². The molecule has 23 heavy (non-hydrogen) atoms. The Morgan fingerprint density at radius 1 is 1.09 bits per heavy atom. The number of quaternary nitrogens is 1. The van der Waals surface area contributed by atoms with Gasteiger partial charge < -0.3 is 17.5 Å². The number of para-hydroxylation sites is 1. The van der Waals surface area contributed by atoms with Gasteiger partial charge in [-0.15, -0.1) is 0 Å². The summed E-state index contributed by atoms with van der Waals surface area (Å²) >= 11 is 0. The van der Waals surface area contributed by atoms with Crippen molar-refractivity contribution in [3.05, 3.63) is 59.7 Å². The van der Waals surface area contributed by atoms with Crippen molar-refractivity contribution >= 4 is 17.8 Å². The van der Waals surface area contributed by atoms with Crippen LogP contribution >= 0.6 is 0 Å². The highest BCUT2D eigenvalue weighted by Gasteiger charge is 2.12. The number of nitrogens with one attached hydrogen (secondary N) is 1. The van der Waals surface area contributed by atoms with Crippen LogP contribution in [-0.4, -0.2) is 38.4 Å². The number of halogens is 1. The van der Waals surface area contributed by atoms with E-state index in [0.717, 1.165) is 5.69 Å². The van der Waals surface area contributed by atoms with E-state index < -0.39 is 0 Å². The number of phenolic OH excluding ortho intramolecular Hbond substituents is 1. The molecular weight excluding hydrogens is 314 g/mol. The summed E-state index contributed by atoms with van der Waals surface area (Å²) in [6.07, 6.45) is 1.41. The summed E-state index contributed by atoms with van der Waals surface area (Å²) in [4.78, 5) is 12.0. The Morgan fingerprint density at radius 2 is 1.70 bits per heavy atom. The van der Waals surface area contributed by atoms with Crippen LogP contribution in [0.1, 0.15) is 15.9 Å². The molecule has 2 aromatic rings. The van der Waals surface area contributed by atoms with Gasteiger partial charge in [-0.05, 0) is 36.4 Å². The van der Waals surface area contributed by atoms with Crippen molar-refractivity contribution in [2.45, 2.75) is 0 Å². The average Bonchev–Trinajstić information content (AvgIpc) is 2.48. The number of hydrogen-bond acceptors (Lipinski definition) is 3. The Hall–Kier alpha value is -2.37. The lowest BCUT2D eigenvalue weighted by atomic mass is 10.2. The van der Waals surface area contributed by atoms with E-state index in [1.807, 2.05) is 12.1 Å². The number of carbonyl (C=O) groups excluding carboxylic acids is 1. The minimum atomic E-state index is -0.292. The zero-order chi connectivity index (χ0) is 16.2. The molecule has 6 heteroatoms. The summed E-state index contributed by atoms with van der Waals surface area (Å²) in [5.41, 5.74) is 4.63. The highest BCUT2D eigenvalue weighted by Crippen LogP contribution is 2.17. The first-order valence-corrected chi connectivity index (χ1v) is 6.91. The van der Waals surface area contributed by atoms with E-state index in [9.17, 15) is 9.90 Å². The zero-order valence-corrected chi connectivity index (χ0v) is 14.1. The molecule has 2 aromatic carbocycles. The van der Waals surface area contributed by atoms with Crippen molar-refractivity contribution in [3.8, 4) is 5.75 Å². The van der Waals surface area contributed by atoms with Gasteiger partial charge in [0.2, 0.25) is 0 Å². The maximum absolute atomic E-state index is 12.0. The fraction of sp³-hybridized carbons (Fsp3) is 0.176. The van der Waals surface area contributed by atoms with E-state index in [1.165, 1.54) is 6.21 Å². The average molecular weight is 334 g/mol. The zero-order valence-electron chi connectivity index (χ0n) is 13.3. The summed E-state index contributed by atoms with van der Waals surface area (Å²) in [7, 11) is 6.18. The van der Waals surface area contributed by atoms with Gasteiger partial charge in [0.25, 0.3) is 5.91 Å². The summed E-state index contributed by atoms with van der Waals surface area (Å²) < 4.78 is 0.688. The third kappa shape index (κ3) is 5.09. The molecule has 2 N–H and O–H groups in total. The normalized spacial score (nSPS) is 11.1. The van der Waals surface area contributed by atoms with E-state index in [-0.39, 0.29) is 24.1 Å². The number of hydrogen-bond donors (Lipinski definition) is 2. The SMILES string of the molecule is C[N+](C)(C)c1ccc(C(=O)N/N=C/c2ccccc2O)cc1.[Cl-]. The monoisotopic (exact) mass is 333 g/mol. The molecule has 0 aromatic heterocycles. The molecular formula is C17H20ClN3O2. The number of aromatic hydroxyl groups is 1. The second-order valence-corrected chi connectivity index (χ2v) is 5.82. The molecule has 0 atom stereocenters. The fourth-order valence-corrected chi connectivity index (χ4v) is 1.88. The van der Waals surface area contributed by atoms with E-state index >= 15 is 0 Å². The van der Waals surface area contributed by atoms with E-state index in [0.29, 0.717) is 15.6 Å². The Labute approximate surface area is 142 Å². The molecule has 0 fully saturated rings. The van der Waals surface area contributed by atoms with Gasteiger partial charge in [0, 0.05) is 11.1 Å². The van der Waals surface area contributed by atoms with E-state index in [4.69, 9.17) is 0 Å². The number of rotatable bonds is 4. The van der Waals surface area contributed by atoms with Crippen molar-refractivity contribution < 1.29 is 22.3 Å². The van der Waals surface area contributed by atoms with Crippen molar-refractivity contribution in [3.63, 3.8) is 0 Å². The maximum Gasteiger partial charge on any atom is 0.271 e. The lowest BCUT2D eigenvalue weighted by Gasteiger charge is -2.23. The standard InChI is InChI=1S/C17H19N3O2.ClH/c1-20(2,3)15-10-8-13(9-11-15)17(22)19-18-12-14-6-4-5-7-16(14)21;/h4-12H,1-3H3,(H-,18,19,21,22);1H. The Bertz CT molecular complexity index is 692. The molecule has 0 aliphatic carbocycles. The van der Waals surface area contributed by atoms with Crippen molar-refractivity contribution in [2.24, 2.45) is 5.10 Å². The predicted molar refractivity (Wildman–Crippen MR) is 89.2 cm³/mol. The molecule has 122 valence electrons. The molecule has 0 spiro atoms. The third-order valence-corrected chi connectivity index (χ3v) is 3.21. The first kappa shape index (κ1) is 18.7. The van der Waals surface area contributed by atoms with E-state index in [1.54, 1.807) is 36.4 Å². The minimum absolute atomic E-state index is 0. The number of benzene rings is 2. The number of nitrogens with zero attached hydrogens (tertiary/aromatic N) is 2. The molecule has 0 aliphatic rings. The smallest absolute Gasteiger partial charge is 0.271 e. The second-order valence-electron chi connectivity index (χ2n) is 5.82. The van der Waals surface area contributed by atoms with Crippen LogP contribution in [0.15, 0.2) is 53.6 Å². The Kier molecular flexibility index (Phi) is 6.30. The van der Waals surface area contributed by atoms with Gasteiger partial charge in [0.15, 0.2) is 0 Å². The number of phenols is 1. The first-order valence-electron chi connectivity index (χ1n) is 6.91. The van der Waals surface area contributed by atoms with Gasteiger partial charge in [0.05, 0.1) is 27.4 Å². The Balaban J connectivity index is 0.00000264. The maximum atomic E-state index is 12.0. The molecule has 2 rings (SSSR count). The highest BCUT2D eigenvalue weighted by molar-refractivity contribution is 5.95. The van der Waals surface area contributed by atoms with Crippen LogP contribution in [0.3, 0.4) is 0 Å². The van der Waals surface area contributed by atoms with E-state index in [2.05, 4.69) is 31.7 Å². The molecule has 0 bridgehead atoms. The molecule has 1 amide bonds. The third-order valence-electron chi connectivity index (χ3n) is 3.21. The molecule has 5 nitrogen and oxygen atoms in total. The number of amides is 1. The van der Waals surface area contributed by atoms with Crippen molar-refractivity contribution in [2.75, 3.05) is 21.1 Å². The molecule has 0 saturated heterocycles. The largest absolute Gasteiger partial charge is 1.00 e. The van der Waals surface area contributed by atoms with Gasteiger partial charge in [-0.3, -0.25) is 9.28 Å². The number of hydrazone groups is 1. The lowest BCUT2D eigenvalue weighted by molar-refractivity contribution is -0.0000139. The first-order chi connectivity index (χ1) is 10.4. The highest BCUT2D eigenvalue weighted by atomic mass is 35.5. The molecule has 0 saturated carbocycles. The van der Waals surface area contributed by atoms with Gasteiger partial charge in [-0.25, -0.2) is 5.43 Å². The topological polar surface area (TPSA) is 61.7 Å². The predicted octanol–water partition coefficient (Wildman–Crippen LogP) is -0.643. The summed E-state index contributed by atoms with van der Waals surface area (Å²) in [5, 5.41) is 13.5. The summed E-state index contributed by atoms with van der Waals surface area (Å²) in [5.74, 6) is -0.174. The van der Waals surface area contributed by atoms with Crippen LogP contribution in [0, 0.1) is 0 Å². The van der Waals surface area contributed by atoms with Crippen LogP contribution in [0.4, 0.5) is 5.69 Å².